The van der Waals surface area contributed by atoms with Gasteiger partial charge in [0.1, 0.15) is 5.84 Å². The average molecular weight is 548 g/mol. The van der Waals surface area contributed by atoms with Crippen molar-refractivity contribution in [1.82, 2.24) is 4.90 Å². The fourth-order valence-corrected chi connectivity index (χ4v) is 5.56. The zero-order chi connectivity index (χ0) is 25.8. The van der Waals surface area contributed by atoms with Gasteiger partial charge in [0.05, 0.1) is 25.0 Å². The molecule has 1 N–H and O–H groups in total. The number of rotatable bonds is 8. The number of hydrogen-bond donors (Lipinski definition) is 1. The molecule has 0 aliphatic carbocycles. The molecule has 6 nitrogen and oxygen atoms in total. The van der Waals surface area contributed by atoms with Gasteiger partial charge in [0, 0.05) is 21.1 Å². The van der Waals surface area contributed by atoms with E-state index < -0.39 is 5.91 Å². The number of halogens is 1. The molecule has 9 heteroatoms. The maximum absolute atomic E-state index is 12.8. The lowest BCUT2D eigenvalue weighted by Crippen LogP contribution is -2.38. The molecule has 0 bridgehead atoms. The second-order valence-electron chi connectivity index (χ2n) is 7.99. The molecular formula is C28H22ClN3O3S2. The summed E-state index contributed by atoms with van der Waals surface area (Å²) in [6.45, 7) is 0.492. The summed E-state index contributed by atoms with van der Waals surface area (Å²) in [5.41, 5.74) is 2.70. The van der Waals surface area contributed by atoms with Crippen LogP contribution in [-0.2, 0) is 4.79 Å². The standard InChI is InChI=1S/C28H22ClN3O3S2/c1-34-25-16-18(7-12-24(25)35-13-14-36-21-10-8-20(29)9-11-21)15-22-26(30)32-23(19-5-3-2-4-6-19)17-37-28(32)31-27(22)33/h2-12,15-17,30H,13-14H2,1H3. The molecule has 37 heavy (non-hydrogen) atoms. The van der Waals surface area contributed by atoms with E-state index in [0.717, 1.165) is 21.9 Å². The zero-order valence-electron chi connectivity index (χ0n) is 19.8. The first-order valence-corrected chi connectivity index (χ1v) is 13.6. The van der Waals surface area contributed by atoms with Gasteiger partial charge < -0.3 is 9.47 Å². The first kappa shape index (κ1) is 25.2. The van der Waals surface area contributed by atoms with Crippen LogP contribution in [-0.4, -0.2) is 41.3 Å². The fourth-order valence-electron chi connectivity index (χ4n) is 3.82. The molecule has 0 atom stereocenters. The van der Waals surface area contributed by atoms with Crippen LogP contribution in [0.1, 0.15) is 11.1 Å². The molecule has 2 heterocycles. The molecule has 2 aliphatic rings. The number of nitrogens with one attached hydrogen (secondary N) is 1. The number of benzene rings is 3. The molecular weight excluding hydrogens is 526 g/mol. The zero-order valence-corrected chi connectivity index (χ0v) is 22.2. The number of aliphatic imine (C=N–C) groups is 1. The lowest BCUT2D eigenvalue weighted by Gasteiger charge is -2.27. The lowest BCUT2D eigenvalue weighted by molar-refractivity contribution is -0.114. The topological polar surface area (TPSA) is 75.0 Å². The number of amidine groups is 2. The van der Waals surface area contributed by atoms with E-state index in [0.29, 0.717) is 33.9 Å². The van der Waals surface area contributed by atoms with Crippen LogP contribution in [0.4, 0.5) is 0 Å². The number of hydrogen-bond acceptors (Lipinski definition) is 6. The van der Waals surface area contributed by atoms with Crippen molar-refractivity contribution in [3.63, 3.8) is 0 Å². The van der Waals surface area contributed by atoms with E-state index in [9.17, 15) is 4.79 Å². The molecule has 3 aromatic rings. The van der Waals surface area contributed by atoms with Gasteiger partial charge in [0.25, 0.3) is 5.91 Å². The summed E-state index contributed by atoms with van der Waals surface area (Å²) < 4.78 is 11.5. The van der Waals surface area contributed by atoms with Crippen LogP contribution < -0.4 is 9.47 Å². The van der Waals surface area contributed by atoms with E-state index in [1.807, 2.05) is 72.1 Å². The smallest absolute Gasteiger partial charge is 0.283 e. The Morgan fingerprint density at radius 2 is 1.86 bits per heavy atom. The van der Waals surface area contributed by atoms with Crippen molar-refractivity contribution < 1.29 is 14.3 Å². The highest BCUT2D eigenvalue weighted by Crippen LogP contribution is 2.38. The minimum atomic E-state index is -0.440. The van der Waals surface area contributed by atoms with Gasteiger partial charge in [-0.15, -0.1) is 11.8 Å². The monoisotopic (exact) mass is 547 g/mol. The predicted octanol–water partition coefficient (Wildman–Crippen LogP) is 6.82. The van der Waals surface area contributed by atoms with Gasteiger partial charge in [-0.1, -0.05) is 59.8 Å². The van der Waals surface area contributed by atoms with Crippen molar-refractivity contribution in [3.05, 3.63) is 99.9 Å². The van der Waals surface area contributed by atoms with Crippen molar-refractivity contribution >= 4 is 63.8 Å². The summed E-state index contributed by atoms with van der Waals surface area (Å²) in [6.07, 6.45) is 1.67. The van der Waals surface area contributed by atoms with E-state index in [1.54, 1.807) is 35.9 Å². The SMILES string of the molecule is COc1cc(C=C2C(=N)N3C(c4ccccc4)=CSC3=NC2=O)ccc1OCCSc1ccc(Cl)cc1. The second-order valence-corrected chi connectivity index (χ2v) is 10.4. The number of ether oxygens (including phenoxy) is 2. The normalized spacial score (nSPS) is 15.9. The van der Waals surface area contributed by atoms with E-state index in [2.05, 4.69) is 4.99 Å². The van der Waals surface area contributed by atoms with Crippen molar-refractivity contribution in [1.29, 1.82) is 5.41 Å². The van der Waals surface area contributed by atoms with Crippen LogP contribution in [0.3, 0.4) is 0 Å². The van der Waals surface area contributed by atoms with Gasteiger partial charge in [0.15, 0.2) is 16.7 Å². The first-order valence-electron chi connectivity index (χ1n) is 11.4. The third-order valence-electron chi connectivity index (χ3n) is 5.61. The van der Waals surface area contributed by atoms with Crippen molar-refractivity contribution in [2.75, 3.05) is 19.5 Å². The van der Waals surface area contributed by atoms with E-state index >= 15 is 0 Å². The minimum Gasteiger partial charge on any atom is -0.493 e. The average Bonchev–Trinajstić information content (AvgIpc) is 3.35. The molecule has 2 aliphatic heterocycles. The van der Waals surface area contributed by atoms with Crippen LogP contribution in [0.5, 0.6) is 11.5 Å². The highest BCUT2D eigenvalue weighted by Gasteiger charge is 2.36. The molecule has 0 radical (unpaired) electrons. The molecule has 0 fully saturated rings. The molecule has 5 rings (SSSR count). The maximum atomic E-state index is 12.8. The summed E-state index contributed by atoms with van der Waals surface area (Å²) >= 11 is 8.96. The van der Waals surface area contributed by atoms with Crippen molar-refractivity contribution in [2.45, 2.75) is 4.90 Å². The van der Waals surface area contributed by atoms with Crippen LogP contribution in [0.15, 0.2) is 93.7 Å². The third kappa shape index (κ3) is 5.61. The Kier molecular flexibility index (Phi) is 7.69. The van der Waals surface area contributed by atoms with E-state index in [4.69, 9.17) is 26.5 Å². The molecule has 1 amide bonds. The molecule has 3 aromatic carbocycles. The Labute approximate surface area is 228 Å². The summed E-state index contributed by atoms with van der Waals surface area (Å²) in [5.74, 6) is 1.57. The molecule has 0 saturated heterocycles. The Balaban J connectivity index is 1.30. The molecule has 0 unspecified atom stereocenters. The van der Waals surface area contributed by atoms with Crippen LogP contribution >= 0.6 is 35.1 Å². The number of amides is 1. The van der Waals surface area contributed by atoms with Gasteiger partial charge in [-0.25, -0.2) is 0 Å². The number of methoxy groups -OCH3 is 1. The number of carbonyl (C=O) groups is 1. The first-order chi connectivity index (χ1) is 18.0. The van der Waals surface area contributed by atoms with Gasteiger partial charge in [-0.05, 0) is 53.6 Å². The molecule has 186 valence electrons. The second kappa shape index (κ2) is 11.3. The van der Waals surface area contributed by atoms with E-state index in [-0.39, 0.29) is 11.4 Å². The van der Waals surface area contributed by atoms with Crippen molar-refractivity contribution in [3.8, 4) is 11.5 Å². The van der Waals surface area contributed by atoms with E-state index in [1.165, 1.54) is 11.8 Å². The van der Waals surface area contributed by atoms with Gasteiger partial charge in [-0.2, -0.15) is 4.99 Å². The Hall–Kier alpha value is -3.46. The van der Waals surface area contributed by atoms with Gasteiger partial charge in [-0.3, -0.25) is 15.1 Å². The predicted molar refractivity (Wildman–Crippen MR) is 153 cm³/mol. The Morgan fingerprint density at radius 3 is 2.62 bits per heavy atom. The molecule has 0 spiro atoms. The van der Waals surface area contributed by atoms with Crippen LogP contribution in [0.2, 0.25) is 5.02 Å². The maximum Gasteiger partial charge on any atom is 0.283 e. The van der Waals surface area contributed by atoms with Crippen molar-refractivity contribution in [2.24, 2.45) is 4.99 Å². The number of fused-ring (bicyclic) bond motifs is 1. The summed E-state index contributed by atoms with van der Waals surface area (Å²) in [7, 11) is 1.57. The molecule has 0 saturated carbocycles. The summed E-state index contributed by atoms with van der Waals surface area (Å²) in [6, 6.07) is 22.9. The Bertz CT molecular complexity index is 1440. The fraction of sp³-hybridized carbons (Fsp3) is 0.107. The van der Waals surface area contributed by atoms with Gasteiger partial charge >= 0.3 is 0 Å². The number of carbonyl (C=O) groups excluding carboxylic acids is 1. The summed E-state index contributed by atoms with van der Waals surface area (Å²) in [5, 5.41) is 11.9. The van der Waals surface area contributed by atoms with Crippen LogP contribution in [0.25, 0.3) is 11.8 Å². The molecule has 0 aromatic heterocycles. The number of thioether (sulfide) groups is 2. The quantitative estimate of drug-likeness (QED) is 0.189. The third-order valence-corrected chi connectivity index (χ3v) is 7.66. The van der Waals surface area contributed by atoms with Crippen LogP contribution in [0, 0.1) is 5.41 Å². The highest BCUT2D eigenvalue weighted by atomic mass is 35.5. The minimum absolute atomic E-state index is 0.0913. The number of nitrogens with zero attached hydrogens (tertiary/aromatic N) is 2. The highest BCUT2D eigenvalue weighted by molar-refractivity contribution is 8.17. The summed E-state index contributed by atoms with van der Waals surface area (Å²) in [4.78, 5) is 19.9. The van der Waals surface area contributed by atoms with Gasteiger partial charge in [0.2, 0.25) is 0 Å². The lowest BCUT2D eigenvalue weighted by atomic mass is 10.1. The largest absolute Gasteiger partial charge is 0.493 e. The Morgan fingerprint density at radius 1 is 1.08 bits per heavy atom.